The second-order valence-electron chi connectivity index (χ2n) is 7.81. The molecule has 3 aromatic carbocycles. The average molecular weight is 543 g/mol. The zero-order valence-electron chi connectivity index (χ0n) is 18.6. The van der Waals surface area contributed by atoms with E-state index in [0.717, 1.165) is 18.2 Å². The van der Waals surface area contributed by atoms with Gasteiger partial charge in [0.2, 0.25) is 0 Å². The van der Waals surface area contributed by atoms with Crippen LogP contribution in [0.2, 0.25) is 0 Å². The number of hydrogen-bond donors (Lipinski definition) is 2. The second kappa shape index (κ2) is 8.69. The van der Waals surface area contributed by atoms with Crippen LogP contribution in [0.1, 0.15) is 27.0 Å². The summed E-state index contributed by atoms with van der Waals surface area (Å²) in [4.78, 5) is 64.8. The van der Waals surface area contributed by atoms with Gasteiger partial charge in [0.1, 0.15) is 0 Å². The molecule has 0 saturated heterocycles. The molecule has 1 aliphatic rings. The summed E-state index contributed by atoms with van der Waals surface area (Å²) in [5.41, 5.74) is -10.7. The molecule has 19 nitrogen and oxygen atoms in total. The number of hydrogen-bond acceptors (Lipinski definition) is 14. The Morgan fingerprint density at radius 2 is 1.00 bits per heavy atom. The van der Waals surface area contributed by atoms with Gasteiger partial charge < -0.3 is 14.9 Å². The van der Waals surface area contributed by atoms with Crippen LogP contribution in [0.25, 0.3) is 0 Å². The molecule has 0 saturated carbocycles. The molecule has 0 unspecified atom stereocenters. The van der Waals surface area contributed by atoms with E-state index in [4.69, 9.17) is 4.74 Å². The third-order valence-electron chi connectivity index (χ3n) is 5.80. The van der Waals surface area contributed by atoms with Crippen LogP contribution in [0, 0.1) is 50.6 Å². The number of fused-ring (bicyclic) bond motifs is 1. The minimum Gasteiger partial charge on any atom is -0.497 e. The maximum Gasteiger partial charge on any atom is 0.340 e. The molecule has 4 rings (SSSR count). The van der Waals surface area contributed by atoms with E-state index in [2.05, 4.69) is 0 Å². The van der Waals surface area contributed by atoms with Crippen LogP contribution in [0.3, 0.4) is 0 Å². The summed E-state index contributed by atoms with van der Waals surface area (Å²) in [7, 11) is 0. The van der Waals surface area contributed by atoms with Gasteiger partial charge >= 0.3 is 28.7 Å². The van der Waals surface area contributed by atoms with Gasteiger partial charge in [-0.1, -0.05) is 0 Å². The first-order valence-electron chi connectivity index (χ1n) is 10.1. The molecule has 39 heavy (non-hydrogen) atoms. The molecule has 0 spiro atoms. The number of carbonyl (C=O) groups excluding carboxylic acids is 1. The van der Waals surface area contributed by atoms with Crippen LogP contribution in [0.15, 0.2) is 42.5 Å². The molecule has 3 aromatic rings. The molecule has 1 aliphatic heterocycles. The zero-order chi connectivity index (χ0) is 29.0. The number of rotatable bonds is 7. The van der Waals surface area contributed by atoms with Crippen molar-refractivity contribution in [3.05, 3.63) is 115 Å². The number of phenolic OH excluding ortho intramolecular Hbond substituents is 2. The van der Waals surface area contributed by atoms with Crippen LogP contribution in [-0.4, -0.2) is 40.8 Å². The summed E-state index contributed by atoms with van der Waals surface area (Å²) in [6.07, 6.45) is 0. The number of cyclic esters (lactones) is 1. The molecule has 2 N–H and O–H groups in total. The maximum atomic E-state index is 12.9. The van der Waals surface area contributed by atoms with Gasteiger partial charge in [-0.2, -0.15) is 0 Å². The van der Waals surface area contributed by atoms with E-state index < -0.39 is 98.4 Å². The van der Waals surface area contributed by atoms with Crippen molar-refractivity contribution in [2.24, 2.45) is 0 Å². The Morgan fingerprint density at radius 1 is 0.615 bits per heavy atom. The van der Waals surface area contributed by atoms with Gasteiger partial charge in [0.15, 0.2) is 5.60 Å². The van der Waals surface area contributed by atoms with Crippen molar-refractivity contribution in [1.82, 2.24) is 0 Å². The van der Waals surface area contributed by atoms with Crippen molar-refractivity contribution < 1.29 is 44.4 Å². The Kier molecular flexibility index (Phi) is 5.75. The zero-order valence-corrected chi connectivity index (χ0v) is 18.6. The average Bonchev–Trinajstić information content (AvgIpc) is 3.16. The summed E-state index contributed by atoms with van der Waals surface area (Å²) in [6, 6.07) is 4.59. The monoisotopic (exact) mass is 543 g/mol. The molecule has 198 valence electrons. The van der Waals surface area contributed by atoms with Crippen molar-refractivity contribution in [2.45, 2.75) is 5.60 Å². The molecular formula is C20H9N5O14. The lowest BCUT2D eigenvalue weighted by Gasteiger charge is -2.29. The van der Waals surface area contributed by atoms with Gasteiger partial charge in [-0.3, -0.25) is 50.6 Å². The first-order valence-corrected chi connectivity index (χ1v) is 10.1. The number of aromatic hydroxyl groups is 2. The Hall–Kier alpha value is -6.27. The number of nitrogens with zero attached hydrogens (tertiary/aromatic N) is 5. The van der Waals surface area contributed by atoms with Crippen molar-refractivity contribution >= 4 is 34.4 Å². The van der Waals surface area contributed by atoms with E-state index in [9.17, 15) is 65.6 Å². The van der Waals surface area contributed by atoms with E-state index in [0.29, 0.717) is 24.3 Å². The molecule has 0 aliphatic carbocycles. The topological polar surface area (TPSA) is 282 Å². The lowest BCUT2D eigenvalue weighted by molar-refractivity contribution is -0.396. The Morgan fingerprint density at radius 3 is 1.33 bits per heavy atom. The number of nitro groups is 5. The Labute approximate surface area is 211 Å². The number of carbonyl (C=O) groups is 1. The predicted octanol–water partition coefficient (Wildman–Crippen LogP) is 3.10. The highest BCUT2D eigenvalue weighted by Gasteiger charge is 2.52. The highest BCUT2D eigenvalue weighted by molar-refractivity contribution is 5.97. The number of benzene rings is 3. The van der Waals surface area contributed by atoms with E-state index in [1.807, 2.05) is 0 Å². The molecule has 0 fully saturated rings. The summed E-state index contributed by atoms with van der Waals surface area (Å²) >= 11 is 0. The molecule has 0 radical (unpaired) electrons. The molecule has 0 amide bonds. The number of non-ortho nitro benzene ring substituents is 1. The quantitative estimate of drug-likeness (QED) is 0.246. The predicted molar refractivity (Wildman–Crippen MR) is 121 cm³/mol. The van der Waals surface area contributed by atoms with Gasteiger partial charge in [0, 0.05) is 53.1 Å². The SMILES string of the molecule is O=C1OC(c2cc([N+](=O)[O-])c(O)c([N+](=O)[O-])c2)(c2cc([N+](=O)[O-])c(O)c([N+](=O)[O-])c2)c2ccc([N+](=O)[O-])cc21. The van der Waals surface area contributed by atoms with E-state index >= 15 is 0 Å². The number of nitro benzene ring substituents is 5. The second-order valence-corrected chi connectivity index (χ2v) is 7.81. The molecule has 0 atom stereocenters. The van der Waals surface area contributed by atoms with Crippen molar-refractivity contribution in [1.29, 1.82) is 0 Å². The summed E-state index contributed by atoms with van der Waals surface area (Å²) in [5, 5.41) is 77.8. The fourth-order valence-corrected chi connectivity index (χ4v) is 4.14. The number of ether oxygens (including phenoxy) is 1. The van der Waals surface area contributed by atoms with Crippen molar-refractivity contribution in [3.63, 3.8) is 0 Å². The summed E-state index contributed by atoms with van der Waals surface area (Å²) < 4.78 is 5.43. The van der Waals surface area contributed by atoms with Crippen LogP contribution in [0.5, 0.6) is 11.5 Å². The minimum absolute atomic E-state index is 0.401. The van der Waals surface area contributed by atoms with Crippen LogP contribution in [0.4, 0.5) is 28.4 Å². The number of esters is 1. The van der Waals surface area contributed by atoms with Crippen molar-refractivity contribution in [2.75, 3.05) is 0 Å². The van der Waals surface area contributed by atoms with Gasteiger partial charge in [-0.15, -0.1) is 0 Å². The first-order chi connectivity index (χ1) is 18.2. The van der Waals surface area contributed by atoms with Crippen molar-refractivity contribution in [3.8, 4) is 11.5 Å². The Balaban J connectivity index is 2.23. The maximum absolute atomic E-state index is 12.9. The smallest absolute Gasteiger partial charge is 0.340 e. The largest absolute Gasteiger partial charge is 0.497 e. The van der Waals surface area contributed by atoms with E-state index in [1.54, 1.807) is 0 Å². The molecule has 19 heteroatoms. The standard InChI is InChI=1S/C20H9N5O14/c26-17-13(22(31)32)3-8(4-14(17)23(33)34)20(9-5-15(24(35)36)18(27)16(6-9)25(37)38)12-2-1-10(21(29)30)7-11(12)19(28)39-20/h1-7,26-27H. The Bertz CT molecular complexity index is 1530. The lowest BCUT2D eigenvalue weighted by atomic mass is 9.79. The van der Waals surface area contributed by atoms with Gasteiger partial charge in [0.25, 0.3) is 17.2 Å². The van der Waals surface area contributed by atoms with Gasteiger partial charge in [-0.05, 0) is 6.07 Å². The fraction of sp³-hybridized carbons (Fsp3) is 0.0500. The third-order valence-corrected chi connectivity index (χ3v) is 5.80. The highest BCUT2D eigenvalue weighted by Crippen LogP contribution is 2.53. The van der Waals surface area contributed by atoms with E-state index in [1.165, 1.54) is 0 Å². The fourth-order valence-electron chi connectivity index (χ4n) is 4.14. The highest BCUT2D eigenvalue weighted by atomic mass is 16.6. The summed E-state index contributed by atoms with van der Waals surface area (Å²) in [5.74, 6) is -4.15. The lowest BCUT2D eigenvalue weighted by Crippen LogP contribution is -2.30. The molecule has 0 aromatic heterocycles. The first kappa shape index (κ1) is 25.8. The minimum atomic E-state index is -2.66. The molecule has 1 heterocycles. The normalized spacial score (nSPS) is 13.3. The van der Waals surface area contributed by atoms with Crippen LogP contribution >= 0.6 is 0 Å². The molecule has 0 bridgehead atoms. The van der Waals surface area contributed by atoms with Gasteiger partial charge in [0.05, 0.1) is 30.2 Å². The third kappa shape index (κ3) is 3.82. The van der Waals surface area contributed by atoms with Gasteiger partial charge in [-0.25, -0.2) is 4.79 Å². The van der Waals surface area contributed by atoms with Crippen LogP contribution in [-0.2, 0) is 10.3 Å². The number of phenols is 2. The van der Waals surface area contributed by atoms with Crippen LogP contribution < -0.4 is 0 Å². The van der Waals surface area contributed by atoms with E-state index in [-0.39, 0.29) is 0 Å². The molecular weight excluding hydrogens is 534 g/mol. The summed E-state index contributed by atoms with van der Waals surface area (Å²) in [6.45, 7) is 0.